The van der Waals surface area contributed by atoms with Crippen molar-refractivity contribution < 1.29 is 19.6 Å². The molecule has 0 aliphatic heterocycles. The number of aliphatic carboxylic acids is 1. The van der Waals surface area contributed by atoms with Crippen LogP contribution in [0.25, 0.3) is 0 Å². The molecule has 112 valence electrons. The van der Waals surface area contributed by atoms with Crippen LogP contribution in [0.1, 0.15) is 24.8 Å². The van der Waals surface area contributed by atoms with Crippen molar-refractivity contribution in [2.75, 3.05) is 0 Å². The second kappa shape index (κ2) is 6.34. The van der Waals surface area contributed by atoms with E-state index in [0.29, 0.717) is 18.4 Å². The normalized spacial score (nSPS) is 21.0. The zero-order valence-electron chi connectivity index (χ0n) is 11.3. The predicted octanol–water partition coefficient (Wildman–Crippen LogP) is 1.51. The molecular weight excluding hydrogens is 276 g/mol. The number of carbonyl (C=O) groups excluding carboxylic acids is 1. The topological polar surface area (TPSA) is 110 Å². The molecule has 0 aromatic heterocycles. The minimum absolute atomic E-state index is 0.00448. The summed E-state index contributed by atoms with van der Waals surface area (Å²) in [6.07, 6.45) is 2.00. The number of carboxylic acid groups (broad SMARTS) is 1. The number of non-ortho nitro benzene ring substituents is 1. The van der Waals surface area contributed by atoms with E-state index in [9.17, 15) is 19.7 Å². The second-order valence-electron chi connectivity index (χ2n) is 5.15. The van der Waals surface area contributed by atoms with Crippen molar-refractivity contribution in [2.45, 2.75) is 31.7 Å². The molecule has 0 spiro atoms. The van der Waals surface area contributed by atoms with E-state index in [0.717, 1.165) is 6.42 Å². The van der Waals surface area contributed by atoms with Gasteiger partial charge < -0.3 is 10.4 Å². The van der Waals surface area contributed by atoms with Crippen molar-refractivity contribution in [2.24, 2.45) is 5.92 Å². The number of nitro groups is 1. The molecule has 7 heteroatoms. The molecule has 1 aromatic carbocycles. The van der Waals surface area contributed by atoms with Gasteiger partial charge in [-0.2, -0.15) is 0 Å². The first-order valence-corrected chi connectivity index (χ1v) is 6.73. The quantitative estimate of drug-likeness (QED) is 0.631. The Hall–Kier alpha value is -2.44. The number of benzene rings is 1. The van der Waals surface area contributed by atoms with Gasteiger partial charge >= 0.3 is 5.97 Å². The summed E-state index contributed by atoms with van der Waals surface area (Å²) in [6.45, 7) is 0. The minimum Gasteiger partial charge on any atom is -0.481 e. The van der Waals surface area contributed by atoms with Crippen molar-refractivity contribution in [3.05, 3.63) is 39.9 Å². The molecule has 1 aromatic rings. The third-order valence-corrected chi connectivity index (χ3v) is 3.67. The van der Waals surface area contributed by atoms with Crippen molar-refractivity contribution >= 4 is 17.6 Å². The number of hydrogen-bond acceptors (Lipinski definition) is 4. The number of hydrogen-bond donors (Lipinski definition) is 2. The standard InChI is InChI=1S/C14H16N2O5/c17-13(15-12-6-2-5-11(12)14(18)19)8-9-3-1-4-10(7-9)16(20)21/h1,3-4,7,11-12H,2,5-6,8H2,(H,15,17)(H,18,19)/t11-,12+/m1/s1. The molecule has 21 heavy (non-hydrogen) atoms. The van der Waals surface area contributed by atoms with Crippen LogP contribution in [0.3, 0.4) is 0 Å². The van der Waals surface area contributed by atoms with E-state index in [1.54, 1.807) is 6.07 Å². The molecule has 1 saturated carbocycles. The summed E-state index contributed by atoms with van der Waals surface area (Å²) in [5, 5.41) is 22.5. The molecular formula is C14H16N2O5. The highest BCUT2D eigenvalue weighted by atomic mass is 16.6. The predicted molar refractivity (Wildman–Crippen MR) is 73.7 cm³/mol. The Bertz CT molecular complexity index is 572. The van der Waals surface area contributed by atoms with Gasteiger partial charge in [0.1, 0.15) is 0 Å². The maximum atomic E-state index is 11.9. The maximum absolute atomic E-state index is 11.9. The van der Waals surface area contributed by atoms with E-state index in [2.05, 4.69) is 5.32 Å². The van der Waals surface area contributed by atoms with Gasteiger partial charge in [-0.15, -0.1) is 0 Å². The van der Waals surface area contributed by atoms with Gasteiger partial charge in [0.05, 0.1) is 17.3 Å². The fourth-order valence-corrected chi connectivity index (χ4v) is 2.65. The van der Waals surface area contributed by atoms with Crippen LogP contribution >= 0.6 is 0 Å². The Morgan fingerprint density at radius 3 is 2.81 bits per heavy atom. The fourth-order valence-electron chi connectivity index (χ4n) is 2.65. The third-order valence-electron chi connectivity index (χ3n) is 3.67. The van der Waals surface area contributed by atoms with Crippen LogP contribution in [0.5, 0.6) is 0 Å². The molecule has 0 radical (unpaired) electrons. The summed E-state index contributed by atoms with van der Waals surface area (Å²) < 4.78 is 0. The highest BCUT2D eigenvalue weighted by Gasteiger charge is 2.33. The molecule has 0 unspecified atom stereocenters. The van der Waals surface area contributed by atoms with E-state index in [4.69, 9.17) is 5.11 Å². The lowest BCUT2D eigenvalue weighted by Crippen LogP contribution is -2.40. The number of carbonyl (C=O) groups is 2. The van der Waals surface area contributed by atoms with Crippen LogP contribution in [-0.2, 0) is 16.0 Å². The van der Waals surface area contributed by atoms with Gasteiger partial charge in [-0.3, -0.25) is 19.7 Å². The van der Waals surface area contributed by atoms with E-state index < -0.39 is 16.8 Å². The Balaban J connectivity index is 1.97. The molecule has 0 heterocycles. The number of nitrogens with zero attached hydrogens (tertiary/aromatic N) is 1. The molecule has 1 aliphatic carbocycles. The molecule has 1 fully saturated rings. The molecule has 7 nitrogen and oxygen atoms in total. The summed E-state index contributed by atoms with van der Waals surface area (Å²) in [6, 6.07) is 5.52. The molecule has 0 saturated heterocycles. The van der Waals surface area contributed by atoms with Crippen molar-refractivity contribution in [1.29, 1.82) is 0 Å². The van der Waals surface area contributed by atoms with Gasteiger partial charge in [0.25, 0.3) is 5.69 Å². The summed E-state index contributed by atoms with van der Waals surface area (Å²) in [5.74, 6) is -1.75. The fraction of sp³-hybridized carbons (Fsp3) is 0.429. The molecule has 2 rings (SSSR count). The SMILES string of the molecule is O=C(Cc1cccc([N+](=O)[O-])c1)N[C@H]1CCC[C@H]1C(=O)O. The van der Waals surface area contributed by atoms with Gasteiger partial charge in [-0.05, 0) is 18.4 Å². The lowest BCUT2D eigenvalue weighted by Gasteiger charge is -2.17. The van der Waals surface area contributed by atoms with Crippen molar-refractivity contribution in [3.63, 3.8) is 0 Å². The van der Waals surface area contributed by atoms with Gasteiger partial charge in [0.15, 0.2) is 0 Å². The number of nitrogens with one attached hydrogen (secondary N) is 1. The van der Waals surface area contributed by atoms with Crippen molar-refractivity contribution in [3.8, 4) is 0 Å². The summed E-state index contributed by atoms with van der Waals surface area (Å²) >= 11 is 0. The van der Waals surface area contributed by atoms with Crippen LogP contribution in [0.2, 0.25) is 0 Å². The number of amides is 1. The maximum Gasteiger partial charge on any atom is 0.308 e. The molecule has 2 atom stereocenters. The van der Waals surface area contributed by atoms with E-state index in [-0.39, 0.29) is 24.1 Å². The number of nitro benzene ring substituents is 1. The smallest absolute Gasteiger partial charge is 0.308 e. The third kappa shape index (κ3) is 3.77. The van der Waals surface area contributed by atoms with Crippen LogP contribution in [0.15, 0.2) is 24.3 Å². The Labute approximate surface area is 121 Å². The van der Waals surface area contributed by atoms with Gasteiger partial charge in [0.2, 0.25) is 5.91 Å². The lowest BCUT2D eigenvalue weighted by molar-refractivity contribution is -0.384. The minimum atomic E-state index is -0.895. The highest BCUT2D eigenvalue weighted by Crippen LogP contribution is 2.26. The summed E-state index contributed by atoms with van der Waals surface area (Å²) in [4.78, 5) is 33.1. The van der Waals surface area contributed by atoms with E-state index in [1.165, 1.54) is 18.2 Å². The van der Waals surface area contributed by atoms with Crippen LogP contribution in [0.4, 0.5) is 5.69 Å². The number of carboxylic acids is 1. The lowest BCUT2D eigenvalue weighted by atomic mass is 10.0. The first-order chi connectivity index (χ1) is 9.97. The molecule has 0 bridgehead atoms. The number of rotatable bonds is 5. The Kier molecular flexibility index (Phi) is 4.52. The summed E-state index contributed by atoms with van der Waals surface area (Å²) in [5.41, 5.74) is 0.469. The van der Waals surface area contributed by atoms with Crippen molar-refractivity contribution in [1.82, 2.24) is 5.32 Å². The first-order valence-electron chi connectivity index (χ1n) is 6.73. The van der Waals surface area contributed by atoms with E-state index in [1.807, 2.05) is 0 Å². The van der Waals surface area contributed by atoms with Gasteiger partial charge in [0, 0.05) is 18.2 Å². The molecule has 1 amide bonds. The second-order valence-corrected chi connectivity index (χ2v) is 5.15. The average Bonchev–Trinajstić information content (AvgIpc) is 2.87. The Morgan fingerprint density at radius 1 is 1.38 bits per heavy atom. The van der Waals surface area contributed by atoms with Gasteiger partial charge in [-0.25, -0.2) is 0 Å². The zero-order chi connectivity index (χ0) is 15.4. The summed E-state index contributed by atoms with van der Waals surface area (Å²) in [7, 11) is 0. The monoisotopic (exact) mass is 292 g/mol. The highest BCUT2D eigenvalue weighted by molar-refractivity contribution is 5.80. The first kappa shape index (κ1) is 15.0. The van der Waals surface area contributed by atoms with Crippen LogP contribution < -0.4 is 5.32 Å². The van der Waals surface area contributed by atoms with Crippen LogP contribution in [0, 0.1) is 16.0 Å². The molecule has 2 N–H and O–H groups in total. The largest absolute Gasteiger partial charge is 0.481 e. The van der Waals surface area contributed by atoms with Crippen LogP contribution in [-0.4, -0.2) is 27.9 Å². The molecule has 1 aliphatic rings. The van der Waals surface area contributed by atoms with Gasteiger partial charge in [-0.1, -0.05) is 18.6 Å². The average molecular weight is 292 g/mol. The zero-order valence-corrected chi connectivity index (χ0v) is 11.3. The van der Waals surface area contributed by atoms with E-state index >= 15 is 0 Å². The Morgan fingerprint density at radius 2 is 2.14 bits per heavy atom.